The van der Waals surface area contributed by atoms with E-state index >= 15 is 0 Å². The molecule has 2 aliphatic heterocycles. The van der Waals surface area contributed by atoms with Crippen LogP contribution in [0, 0.1) is 12.8 Å². The Balaban J connectivity index is 1.14. The number of nitrogens with one attached hydrogen (secondary N) is 2. The quantitative estimate of drug-likeness (QED) is 0.176. The lowest BCUT2D eigenvalue weighted by Gasteiger charge is -2.35. The zero-order valence-electron chi connectivity index (χ0n) is 30.1. The number of thiophene rings is 1. The number of rotatable bonds is 7. The summed E-state index contributed by atoms with van der Waals surface area (Å²) in [4.78, 5) is 41.1. The Morgan fingerprint density at radius 2 is 1.81 bits per heavy atom. The minimum atomic E-state index is -1.28. The first kappa shape index (κ1) is 34.2. The van der Waals surface area contributed by atoms with Crippen LogP contribution in [0.1, 0.15) is 71.9 Å². The summed E-state index contributed by atoms with van der Waals surface area (Å²) >= 11 is 1.63. The maximum absolute atomic E-state index is 15.0. The molecule has 5 aromatic rings. The second-order valence-electron chi connectivity index (χ2n) is 15.4. The Morgan fingerprint density at radius 1 is 1.04 bits per heavy atom. The first-order chi connectivity index (χ1) is 24.8. The van der Waals surface area contributed by atoms with Crippen LogP contribution in [-0.4, -0.2) is 65.4 Å². The monoisotopic (exact) mass is 722 g/mol. The number of alkyl carbamates (subject to hydrolysis) is 1. The van der Waals surface area contributed by atoms with E-state index in [0.29, 0.717) is 23.8 Å². The molecule has 0 unspecified atom stereocenters. The zero-order chi connectivity index (χ0) is 36.5. The molecule has 2 N–H and O–H groups in total. The lowest BCUT2D eigenvalue weighted by atomic mass is 9.99. The fraction of sp³-hybridized carbons (Fsp3) is 0.390. The number of hydrogen-bond donors (Lipinski definition) is 2. The number of aryl methyl sites for hydroxylation is 1. The van der Waals surface area contributed by atoms with Gasteiger partial charge in [-0.05, 0) is 105 Å². The third-order valence-corrected chi connectivity index (χ3v) is 11.5. The lowest BCUT2D eigenvalue weighted by Crippen LogP contribution is -2.54. The molecule has 0 bridgehead atoms. The lowest BCUT2D eigenvalue weighted by molar-refractivity contribution is 0.0394. The molecule has 0 radical (unpaired) electrons. The minimum Gasteiger partial charge on any atom is -0.496 e. The summed E-state index contributed by atoms with van der Waals surface area (Å²) < 4.78 is 29.6. The van der Waals surface area contributed by atoms with Crippen LogP contribution in [0.15, 0.2) is 54.6 Å². The Bertz CT molecular complexity index is 2260. The Labute approximate surface area is 306 Å². The van der Waals surface area contributed by atoms with Crippen molar-refractivity contribution < 1.29 is 28.2 Å². The highest BCUT2D eigenvalue weighted by molar-refractivity contribution is 7.22. The molecular formula is C41H43FN4O5S. The predicted octanol–water partition coefficient (Wildman–Crippen LogP) is 8.24. The summed E-state index contributed by atoms with van der Waals surface area (Å²) in [7, 11) is 1.61. The van der Waals surface area contributed by atoms with Crippen LogP contribution >= 0.6 is 11.3 Å². The Morgan fingerprint density at radius 3 is 2.56 bits per heavy atom. The van der Waals surface area contributed by atoms with Crippen molar-refractivity contribution >= 4 is 50.2 Å². The van der Waals surface area contributed by atoms with Gasteiger partial charge in [0.25, 0.3) is 11.8 Å². The molecule has 3 aliphatic rings. The number of ether oxygens (including phenoxy) is 2. The number of benzene rings is 3. The van der Waals surface area contributed by atoms with Gasteiger partial charge in [0.05, 0.1) is 30.3 Å². The van der Waals surface area contributed by atoms with Crippen LogP contribution in [0.4, 0.5) is 9.18 Å². The molecule has 2 fully saturated rings. The first-order valence-electron chi connectivity index (χ1n) is 17.9. The Hall–Kier alpha value is -4.90. The molecule has 2 aromatic heterocycles. The van der Waals surface area contributed by atoms with Gasteiger partial charge in [-0.3, -0.25) is 9.59 Å². The minimum absolute atomic E-state index is 0.0205. The van der Waals surface area contributed by atoms with Gasteiger partial charge in [0.1, 0.15) is 17.5 Å². The van der Waals surface area contributed by atoms with Gasteiger partial charge in [-0.15, -0.1) is 11.3 Å². The van der Waals surface area contributed by atoms with E-state index in [1.165, 1.54) is 17.7 Å². The van der Waals surface area contributed by atoms with Gasteiger partial charge >= 0.3 is 6.09 Å². The number of amides is 3. The van der Waals surface area contributed by atoms with Gasteiger partial charge in [-0.1, -0.05) is 18.2 Å². The molecule has 3 amide bonds. The van der Waals surface area contributed by atoms with E-state index in [1.807, 2.05) is 18.2 Å². The van der Waals surface area contributed by atoms with E-state index in [0.717, 1.165) is 65.9 Å². The Kier molecular flexibility index (Phi) is 8.52. The summed E-state index contributed by atoms with van der Waals surface area (Å²) in [6.07, 6.45) is 0.620. The number of likely N-dealkylation sites (tertiary alicyclic amines) is 1. The number of carbonyl (C=O) groups excluding carboxylic acids is 3. The number of nitrogens with zero attached hydrogens (tertiary/aromatic N) is 2. The van der Waals surface area contributed by atoms with Crippen molar-refractivity contribution in [2.24, 2.45) is 5.92 Å². The molecule has 3 aromatic carbocycles. The average molecular weight is 723 g/mol. The second-order valence-corrected chi connectivity index (χ2v) is 16.5. The highest BCUT2D eigenvalue weighted by atomic mass is 32.1. The number of piperidine rings is 1. The van der Waals surface area contributed by atoms with Crippen LogP contribution < -0.4 is 15.4 Å². The summed E-state index contributed by atoms with van der Waals surface area (Å²) in [6.45, 7) is 9.00. The van der Waals surface area contributed by atoms with Crippen LogP contribution in [0.3, 0.4) is 0 Å². The van der Waals surface area contributed by atoms with E-state index in [-0.39, 0.29) is 31.3 Å². The van der Waals surface area contributed by atoms with Crippen molar-refractivity contribution in [2.45, 2.75) is 77.9 Å². The fourth-order valence-electron chi connectivity index (χ4n) is 7.62. The van der Waals surface area contributed by atoms with E-state index < -0.39 is 23.9 Å². The van der Waals surface area contributed by atoms with E-state index in [4.69, 9.17) is 9.47 Å². The molecule has 52 heavy (non-hydrogen) atoms. The molecule has 0 spiro atoms. The molecule has 1 saturated heterocycles. The van der Waals surface area contributed by atoms with Crippen molar-refractivity contribution in [3.8, 4) is 27.4 Å². The zero-order valence-corrected chi connectivity index (χ0v) is 30.9. The normalized spacial score (nSPS) is 18.8. The maximum Gasteiger partial charge on any atom is 0.407 e. The van der Waals surface area contributed by atoms with Crippen molar-refractivity contribution in [1.29, 1.82) is 0 Å². The third-order valence-electron chi connectivity index (χ3n) is 10.3. The molecule has 8 rings (SSSR count). The number of halogens is 1. The smallest absolute Gasteiger partial charge is 0.407 e. The number of alkyl halides is 1. The van der Waals surface area contributed by atoms with E-state index in [9.17, 15) is 18.8 Å². The highest BCUT2D eigenvalue weighted by Gasteiger charge is 2.33. The SMILES string of the molecule is COc1cc(C(=O)N2C[C@H](F)C[C@@H](NC(=O)OC(C)(C)C)C2)cc2sc(-c3cc4ccc(-c5ccc6c(c5)CNC6=O)cc4n3CC3CC3)c(C)c12. The molecule has 1 aliphatic carbocycles. The molecule has 11 heteroatoms. The van der Waals surface area contributed by atoms with Crippen LogP contribution in [0.2, 0.25) is 0 Å². The van der Waals surface area contributed by atoms with Gasteiger partial charge in [-0.2, -0.15) is 0 Å². The summed E-state index contributed by atoms with van der Waals surface area (Å²) in [6, 6.07) is 18.0. The molecule has 1 saturated carbocycles. The fourth-order valence-corrected chi connectivity index (χ4v) is 8.91. The molecular weight excluding hydrogens is 680 g/mol. The van der Waals surface area contributed by atoms with Crippen LogP contribution in [0.25, 0.3) is 42.7 Å². The number of hydrogen-bond acceptors (Lipinski definition) is 6. The van der Waals surface area contributed by atoms with Gasteiger partial charge in [0.2, 0.25) is 0 Å². The van der Waals surface area contributed by atoms with Crippen molar-refractivity contribution in [3.05, 3.63) is 76.9 Å². The molecule has 270 valence electrons. The maximum atomic E-state index is 15.0. The number of aromatic nitrogens is 1. The largest absolute Gasteiger partial charge is 0.496 e. The van der Waals surface area contributed by atoms with Crippen LogP contribution in [0.5, 0.6) is 5.75 Å². The summed E-state index contributed by atoms with van der Waals surface area (Å²) in [5.41, 5.74) is 7.04. The average Bonchev–Trinajstić information content (AvgIpc) is 3.62. The summed E-state index contributed by atoms with van der Waals surface area (Å²) in [5.74, 6) is 0.886. The van der Waals surface area contributed by atoms with E-state index in [1.54, 1.807) is 45.3 Å². The predicted molar refractivity (Wildman–Crippen MR) is 202 cm³/mol. The standard InChI is InChI=1S/C41H43FN4O5S/c1-22-36-34(50-5)15-27(39(48)45-20-29(42)17-30(21-45)44-40(49)51-41(2,3)4)16-35(36)52-37(22)33-14-26-9-8-25(13-32(26)46(33)19-23-6-7-23)24-10-11-31-28(12-24)18-43-38(31)47/h8-16,23,29-30H,6-7,17-21H2,1-5H3,(H,43,47)(H,44,49)/t29-,30-/m1/s1. The van der Waals surface area contributed by atoms with Crippen molar-refractivity contribution in [2.75, 3.05) is 20.2 Å². The number of carbonyl (C=O) groups is 3. The van der Waals surface area contributed by atoms with Crippen LogP contribution in [-0.2, 0) is 17.8 Å². The third kappa shape index (κ3) is 6.51. The van der Waals surface area contributed by atoms with Gasteiger partial charge in [0, 0.05) is 58.2 Å². The molecule has 4 heterocycles. The van der Waals surface area contributed by atoms with Gasteiger partial charge < -0.3 is 29.6 Å². The van der Waals surface area contributed by atoms with E-state index in [2.05, 4.69) is 52.5 Å². The summed E-state index contributed by atoms with van der Waals surface area (Å²) in [5, 5.41) is 7.77. The molecule has 2 atom stereocenters. The van der Waals surface area contributed by atoms with Crippen molar-refractivity contribution in [1.82, 2.24) is 20.1 Å². The van der Waals surface area contributed by atoms with Gasteiger partial charge in [0.15, 0.2) is 0 Å². The second kappa shape index (κ2) is 12.9. The number of fused-ring (bicyclic) bond motifs is 3. The first-order valence-corrected chi connectivity index (χ1v) is 18.8. The number of methoxy groups -OCH3 is 1. The van der Waals surface area contributed by atoms with Crippen molar-refractivity contribution in [3.63, 3.8) is 0 Å². The topological polar surface area (TPSA) is 102 Å². The highest BCUT2D eigenvalue weighted by Crippen LogP contribution is 2.46. The molecule has 9 nitrogen and oxygen atoms in total. The van der Waals surface area contributed by atoms with Gasteiger partial charge in [-0.25, -0.2) is 9.18 Å².